The molecule has 16 heavy (non-hydrogen) atoms. The molecule has 0 amide bonds. The van der Waals surface area contributed by atoms with Crippen LogP contribution in [0.25, 0.3) is 0 Å². The first kappa shape index (κ1) is 10.2. The Balaban J connectivity index is 1.80. The minimum atomic E-state index is -0.562. The Morgan fingerprint density at radius 2 is 2.44 bits per heavy atom. The Morgan fingerprint density at radius 3 is 3.19 bits per heavy atom. The topological polar surface area (TPSA) is 54.2 Å². The Kier molecular flexibility index (Phi) is 2.26. The van der Waals surface area contributed by atoms with E-state index in [1.165, 1.54) is 0 Å². The standard InChI is InChI=1S/C11H18N4O/c1-14-10(12-8-13-14)6-11(16)3-5-15-4-2-9(11)7-15/h8-9,16H,2-7H2,1H3. The zero-order valence-electron chi connectivity index (χ0n) is 9.63. The van der Waals surface area contributed by atoms with Crippen LogP contribution in [0.5, 0.6) is 0 Å². The van der Waals surface area contributed by atoms with Crippen LogP contribution in [0, 0.1) is 5.92 Å². The quantitative estimate of drug-likeness (QED) is 0.754. The molecular formula is C11H18N4O. The molecule has 3 atom stereocenters. The summed E-state index contributed by atoms with van der Waals surface area (Å²) in [7, 11) is 1.88. The van der Waals surface area contributed by atoms with Crippen molar-refractivity contribution in [1.82, 2.24) is 19.7 Å². The third kappa shape index (κ3) is 1.55. The summed E-state index contributed by atoms with van der Waals surface area (Å²) in [4.78, 5) is 6.66. The number of aliphatic hydroxyl groups is 1. The summed E-state index contributed by atoms with van der Waals surface area (Å²) in [5, 5.41) is 14.8. The van der Waals surface area contributed by atoms with Crippen molar-refractivity contribution in [2.45, 2.75) is 24.9 Å². The molecule has 3 heterocycles. The SMILES string of the molecule is Cn1ncnc1CC1(O)CCN2CCC1C2. The molecule has 2 bridgehead atoms. The first-order chi connectivity index (χ1) is 7.67. The highest BCUT2D eigenvalue weighted by Crippen LogP contribution is 2.37. The van der Waals surface area contributed by atoms with Gasteiger partial charge in [-0.2, -0.15) is 5.10 Å². The van der Waals surface area contributed by atoms with E-state index < -0.39 is 5.60 Å². The maximum atomic E-state index is 10.7. The van der Waals surface area contributed by atoms with Gasteiger partial charge >= 0.3 is 0 Å². The Bertz CT molecular complexity index is 391. The maximum Gasteiger partial charge on any atom is 0.138 e. The molecule has 2 fully saturated rings. The summed E-state index contributed by atoms with van der Waals surface area (Å²) in [5.74, 6) is 1.31. The molecule has 3 unspecified atom stereocenters. The molecule has 0 saturated carbocycles. The monoisotopic (exact) mass is 222 g/mol. The summed E-state index contributed by atoms with van der Waals surface area (Å²) >= 11 is 0. The summed E-state index contributed by atoms with van der Waals surface area (Å²) in [6, 6.07) is 0. The summed E-state index contributed by atoms with van der Waals surface area (Å²) < 4.78 is 1.76. The molecular weight excluding hydrogens is 204 g/mol. The van der Waals surface area contributed by atoms with Crippen molar-refractivity contribution < 1.29 is 5.11 Å². The van der Waals surface area contributed by atoms with E-state index in [1.807, 2.05) is 7.05 Å². The molecule has 2 aliphatic rings. The van der Waals surface area contributed by atoms with Crippen molar-refractivity contribution in [3.8, 4) is 0 Å². The highest BCUT2D eigenvalue weighted by Gasteiger charge is 2.45. The number of nitrogens with zero attached hydrogens (tertiary/aromatic N) is 4. The van der Waals surface area contributed by atoms with Crippen LogP contribution >= 0.6 is 0 Å². The third-order valence-electron chi connectivity index (χ3n) is 4.16. The molecule has 1 aromatic heterocycles. The van der Waals surface area contributed by atoms with Crippen LogP contribution < -0.4 is 0 Å². The van der Waals surface area contributed by atoms with E-state index in [9.17, 15) is 5.11 Å². The van der Waals surface area contributed by atoms with Gasteiger partial charge in [0.15, 0.2) is 0 Å². The van der Waals surface area contributed by atoms with Gasteiger partial charge in [-0.3, -0.25) is 4.68 Å². The van der Waals surface area contributed by atoms with Crippen LogP contribution in [0.2, 0.25) is 0 Å². The van der Waals surface area contributed by atoms with Crippen molar-refractivity contribution in [3.05, 3.63) is 12.2 Å². The molecule has 1 N–H and O–H groups in total. The van der Waals surface area contributed by atoms with Crippen LogP contribution in [0.1, 0.15) is 18.7 Å². The van der Waals surface area contributed by atoms with Crippen LogP contribution in [0.3, 0.4) is 0 Å². The van der Waals surface area contributed by atoms with Gasteiger partial charge < -0.3 is 10.0 Å². The predicted molar refractivity (Wildman–Crippen MR) is 58.8 cm³/mol. The minimum Gasteiger partial charge on any atom is -0.389 e. The lowest BCUT2D eigenvalue weighted by molar-refractivity contribution is -0.0458. The molecule has 88 valence electrons. The molecule has 0 spiro atoms. The van der Waals surface area contributed by atoms with Gasteiger partial charge in [-0.1, -0.05) is 0 Å². The van der Waals surface area contributed by atoms with Gasteiger partial charge in [0.05, 0.1) is 5.60 Å². The fraction of sp³-hybridized carbons (Fsp3) is 0.818. The molecule has 3 rings (SSSR count). The Labute approximate surface area is 95.1 Å². The van der Waals surface area contributed by atoms with Crippen molar-refractivity contribution in [3.63, 3.8) is 0 Å². The zero-order chi connectivity index (χ0) is 11.2. The van der Waals surface area contributed by atoms with Crippen LogP contribution in [-0.4, -0.2) is 50.0 Å². The van der Waals surface area contributed by atoms with Crippen LogP contribution in [-0.2, 0) is 13.5 Å². The lowest BCUT2D eigenvalue weighted by atomic mass is 9.79. The lowest BCUT2D eigenvalue weighted by Crippen LogP contribution is -2.48. The number of hydrogen-bond donors (Lipinski definition) is 1. The number of aromatic nitrogens is 3. The van der Waals surface area contributed by atoms with Gasteiger partial charge in [0, 0.05) is 32.5 Å². The van der Waals surface area contributed by atoms with Gasteiger partial charge in [-0.05, 0) is 19.4 Å². The normalized spacial score (nSPS) is 37.9. The number of aryl methyl sites for hydroxylation is 1. The number of hydrogen-bond acceptors (Lipinski definition) is 4. The molecule has 5 nitrogen and oxygen atoms in total. The van der Waals surface area contributed by atoms with Crippen molar-refractivity contribution in [2.75, 3.05) is 19.6 Å². The average molecular weight is 222 g/mol. The summed E-state index contributed by atoms with van der Waals surface area (Å²) in [6.07, 6.45) is 4.18. The Morgan fingerprint density at radius 1 is 1.56 bits per heavy atom. The van der Waals surface area contributed by atoms with Crippen molar-refractivity contribution in [1.29, 1.82) is 0 Å². The first-order valence-corrected chi connectivity index (χ1v) is 5.95. The summed E-state index contributed by atoms with van der Waals surface area (Å²) in [5.41, 5.74) is -0.562. The zero-order valence-corrected chi connectivity index (χ0v) is 9.63. The molecule has 2 aliphatic heterocycles. The Hall–Kier alpha value is -0.940. The van der Waals surface area contributed by atoms with E-state index in [2.05, 4.69) is 15.0 Å². The number of fused-ring (bicyclic) bond motifs is 2. The molecule has 0 aliphatic carbocycles. The smallest absolute Gasteiger partial charge is 0.138 e. The second kappa shape index (κ2) is 3.53. The summed E-state index contributed by atoms with van der Waals surface area (Å²) in [6.45, 7) is 3.21. The van der Waals surface area contributed by atoms with Gasteiger partial charge in [0.25, 0.3) is 0 Å². The van der Waals surface area contributed by atoms with E-state index in [-0.39, 0.29) is 0 Å². The van der Waals surface area contributed by atoms with E-state index in [1.54, 1.807) is 11.0 Å². The van der Waals surface area contributed by atoms with E-state index >= 15 is 0 Å². The predicted octanol–water partition coefficient (Wildman–Crippen LogP) is -0.186. The van der Waals surface area contributed by atoms with Gasteiger partial charge in [-0.15, -0.1) is 0 Å². The van der Waals surface area contributed by atoms with Gasteiger partial charge in [0.1, 0.15) is 12.2 Å². The number of rotatable bonds is 2. The van der Waals surface area contributed by atoms with E-state index in [4.69, 9.17) is 0 Å². The van der Waals surface area contributed by atoms with Crippen molar-refractivity contribution >= 4 is 0 Å². The minimum absolute atomic E-state index is 0.415. The lowest BCUT2D eigenvalue weighted by Gasteiger charge is -2.38. The fourth-order valence-electron chi connectivity index (χ4n) is 3.02. The largest absolute Gasteiger partial charge is 0.389 e. The van der Waals surface area contributed by atoms with Crippen LogP contribution in [0.15, 0.2) is 6.33 Å². The first-order valence-electron chi connectivity index (χ1n) is 5.95. The third-order valence-corrected chi connectivity index (χ3v) is 4.16. The molecule has 1 aromatic rings. The second-order valence-electron chi connectivity index (χ2n) is 5.12. The maximum absolute atomic E-state index is 10.7. The second-order valence-corrected chi connectivity index (χ2v) is 5.12. The van der Waals surface area contributed by atoms with Crippen molar-refractivity contribution in [2.24, 2.45) is 13.0 Å². The van der Waals surface area contributed by atoms with Gasteiger partial charge in [0.2, 0.25) is 0 Å². The van der Waals surface area contributed by atoms with Gasteiger partial charge in [-0.25, -0.2) is 4.98 Å². The fourth-order valence-corrected chi connectivity index (χ4v) is 3.02. The van der Waals surface area contributed by atoms with E-state index in [0.29, 0.717) is 12.3 Å². The highest BCUT2D eigenvalue weighted by atomic mass is 16.3. The molecule has 2 saturated heterocycles. The highest BCUT2D eigenvalue weighted by molar-refractivity contribution is 5.03. The number of piperidine rings is 1. The molecule has 0 radical (unpaired) electrons. The molecule has 5 heteroatoms. The average Bonchev–Trinajstić information content (AvgIpc) is 2.83. The van der Waals surface area contributed by atoms with E-state index in [0.717, 1.165) is 38.3 Å². The molecule has 0 aromatic carbocycles. The van der Waals surface area contributed by atoms with Crippen LogP contribution in [0.4, 0.5) is 0 Å².